The van der Waals surface area contributed by atoms with Crippen LogP contribution in [0, 0.1) is 0 Å². The van der Waals surface area contributed by atoms with Crippen LogP contribution in [0.25, 0.3) is 0 Å². The summed E-state index contributed by atoms with van der Waals surface area (Å²) in [5.41, 5.74) is 5.53. The molecule has 0 saturated carbocycles. The lowest BCUT2D eigenvalue weighted by molar-refractivity contribution is 0.0980. The van der Waals surface area contributed by atoms with Gasteiger partial charge in [-0.05, 0) is 26.4 Å². The van der Waals surface area contributed by atoms with E-state index < -0.39 is 0 Å². The van der Waals surface area contributed by atoms with Crippen LogP contribution in [0.2, 0.25) is 0 Å². The summed E-state index contributed by atoms with van der Waals surface area (Å²) in [7, 11) is 2.02. The van der Waals surface area contributed by atoms with Gasteiger partial charge < -0.3 is 20.9 Å². The summed E-state index contributed by atoms with van der Waals surface area (Å²) >= 11 is 0. The van der Waals surface area contributed by atoms with Gasteiger partial charge in [0.2, 0.25) is 0 Å². The van der Waals surface area contributed by atoms with Crippen LogP contribution < -0.4 is 11.1 Å². The predicted octanol–water partition coefficient (Wildman–Crippen LogP) is 2.05. The fraction of sp³-hybridized carbons (Fsp3) is 1.00. The van der Waals surface area contributed by atoms with E-state index in [1.54, 1.807) is 0 Å². The molecule has 0 unspecified atom stereocenters. The summed E-state index contributed by atoms with van der Waals surface area (Å²) < 4.78 is 5.38. The summed E-state index contributed by atoms with van der Waals surface area (Å²) in [5, 5.41) is 11.9. The van der Waals surface area contributed by atoms with E-state index in [2.05, 4.69) is 5.32 Å². The molecule has 0 aromatic heterocycles. The van der Waals surface area contributed by atoms with Gasteiger partial charge in [-0.15, -0.1) is 0 Å². The van der Waals surface area contributed by atoms with Crippen molar-refractivity contribution >= 4 is 0 Å². The maximum atomic E-state index is 8.72. The van der Waals surface area contributed by atoms with Gasteiger partial charge in [-0.2, -0.15) is 0 Å². The number of unbranched alkanes of at least 4 members (excludes halogenated alkanes) is 8. The third kappa shape index (κ3) is 15.8. The van der Waals surface area contributed by atoms with Crippen molar-refractivity contribution in [2.75, 3.05) is 33.4 Å². The van der Waals surface area contributed by atoms with E-state index in [1.807, 2.05) is 7.05 Å². The van der Waals surface area contributed by atoms with E-state index in [1.165, 1.54) is 51.4 Å². The molecule has 0 aliphatic heterocycles. The standard InChI is InChI=1S/C15H34N2O2/c1-17-11-9-7-5-3-2-4-6-8-10-12-19-14-15(16)13-18/h15,17-18H,2-14,16H2,1H3/t15-/m1/s1. The topological polar surface area (TPSA) is 67.5 Å². The summed E-state index contributed by atoms with van der Waals surface area (Å²) in [6.07, 6.45) is 11.8. The summed E-state index contributed by atoms with van der Waals surface area (Å²) in [4.78, 5) is 0. The van der Waals surface area contributed by atoms with Crippen LogP contribution in [0.1, 0.15) is 57.8 Å². The molecule has 4 heteroatoms. The van der Waals surface area contributed by atoms with Crippen LogP contribution in [-0.4, -0.2) is 44.6 Å². The third-order valence-corrected chi connectivity index (χ3v) is 3.28. The van der Waals surface area contributed by atoms with Gasteiger partial charge in [0.25, 0.3) is 0 Å². The van der Waals surface area contributed by atoms with Crippen molar-refractivity contribution in [2.45, 2.75) is 63.8 Å². The van der Waals surface area contributed by atoms with Gasteiger partial charge >= 0.3 is 0 Å². The van der Waals surface area contributed by atoms with Gasteiger partial charge in [-0.1, -0.05) is 44.9 Å². The second-order valence-corrected chi connectivity index (χ2v) is 5.30. The summed E-state index contributed by atoms with van der Waals surface area (Å²) in [5.74, 6) is 0. The van der Waals surface area contributed by atoms with Crippen molar-refractivity contribution in [3.8, 4) is 0 Å². The largest absolute Gasteiger partial charge is 0.395 e. The maximum Gasteiger partial charge on any atom is 0.0639 e. The van der Waals surface area contributed by atoms with Gasteiger partial charge in [-0.3, -0.25) is 0 Å². The Morgan fingerprint density at radius 3 is 2.00 bits per heavy atom. The second-order valence-electron chi connectivity index (χ2n) is 5.30. The lowest BCUT2D eigenvalue weighted by Gasteiger charge is -2.08. The van der Waals surface area contributed by atoms with E-state index in [4.69, 9.17) is 15.6 Å². The van der Waals surface area contributed by atoms with E-state index in [0.717, 1.165) is 19.6 Å². The lowest BCUT2D eigenvalue weighted by Crippen LogP contribution is -2.30. The molecule has 0 radical (unpaired) electrons. The Bertz CT molecular complexity index is 168. The fourth-order valence-corrected chi connectivity index (χ4v) is 2.03. The highest BCUT2D eigenvalue weighted by molar-refractivity contribution is 4.55. The van der Waals surface area contributed by atoms with Crippen LogP contribution in [0.5, 0.6) is 0 Å². The number of ether oxygens (including phenoxy) is 1. The fourth-order valence-electron chi connectivity index (χ4n) is 2.03. The average Bonchev–Trinajstić information content (AvgIpc) is 2.43. The smallest absolute Gasteiger partial charge is 0.0639 e. The van der Waals surface area contributed by atoms with Gasteiger partial charge in [0, 0.05) is 6.61 Å². The number of aliphatic hydroxyl groups is 1. The van der Waals surface area contributed by atoms with Gasteiger partial charge in [0.05, 0.1) is 19.3 Å². The van der Waals surface area contributed by atoms with Gasteiger partial charge in [0.1, 0.15) is 0 Å². The molecule has 4 N–H and O–H groups in total. The molecule has 0 heterocycles. The molecule has 0 fully saturated rings. The van der Waals surface area contributed by atoms with Crippen LogP contribution >= 0.6 is 0 Å². The first-order valence-electron chi connectivity index (χ1n) is 7.90. The Labute approximate surface area is 119 Å². The molecule has 0 aromatic rings. The first-order valence-corrected chi connectivity index (χ1v) is 7.90. The number of hydrogen-bond acceptors (Lipinski definition) is 4. The highest BCUT2D eigenvalue weighted by Crippen LogP contribution is 2.09. The molecule has 0 amide bonds. The highest BCUT2D eigenvalue weighted by Gasteiger charge is 1.99. The zero-order valence-corrected chi connectivity index (χ0v) is 12.7. The van der Waals surface area contributed by atoms with Crippen LogP contribution in [-0.2, 0) is 4.74 Å². The predicted molar refractivity (Wildman–Crippen MR) is 81.4 cm³/mol. The molecule has 0 aromatic carbocycles. The number of aliphatic hydroxyl groups excluding tert-OH is 1. The van der Waals surface area contributed by atoms with Crippen molar-refractivity contribution in [1.82, 2.24) is 5.32 Å². The molecule has 1 atom stereocenters. The molecule has 19 heavy (non-hydrogen) atoms. The van der Waals surface area contributed by atoms with Crippen LogP contribution in [0.15, 0.2) is 0 Å². The van der Waals surface area contributed by atoms with Crippen LogP contribution in [0.3, 0.4) is 0 Å². The minimum Gasteiger partial charge on any atom is -0.395 e. The van der Waals surface area contributed by atoms with Crippen LogP contribution in [0.4, 0.5) is 0 Å². The first-order chi connectivity index (χ1) is 9.31. The molecule has 0 bridgehead atoms. The van der Waals surface area contributed by atoms with Crippen molar-refractivity contribution in [3.63, 3.8) is 0 Å². The molecule has 0 rings (SSSR count). The Morgan fingerprint density at radius 1 is 0.947 bits per heavy atom. The molecule has 0 saturated heterocycles. The number of nitrogens with one attached hydrogen (secondary N) is 1. The third-order valence-electron chi connectivity index (χ3n) is 3.28. The number of nitrogens with two attached hydrogens (primary N) is 1. The monoisotopic (exact) mass is 274 g/mol. The maximum absolute atomic E-state index is 8.72. The van der Waals surface area contributed by atoms with Crippen molar-refractivity contribution in [2.24, 2.45) is 5.73 Å². The first kappa shape index (κ1) is 18.8. The summed E-state index contributed by atoms with van der Waals surface area (Å²) in [6.45, 7) is 2.41. The highest BCUT2D eigenvalue weighted by atomic mass is 16.5. The van der Waals surface area contributed by atoms with E-state index in [-0.39, 0.29) is 12.6 Å². The molecular weight excluding hydrogens is 240 g/mol. The number of hydrogen-bond donors (Lipinski definition) is 3. The normalized spacial score (nSPS) is 12.8. The molecule has 0 spiro atoms. The van der Waals surface area contributed by atoms with Crippen molar-refractivity contribution in [1.29, 1.82) is 0 Å². The SMILES string of the molecule is CNCCCCCCCCCCCOC[C@H](N)CO. The zero-order chi connectivity index (χ0) is 14.2. The Hall–Kier alpha value is -0.160. The average molecular weight is 274 g/mol. The van der Waals surface area contributed by atoms with Crippen molar-refractivity contribution < 1.29 is 9.84 Å². The molecule has 0 aliphatic carbocycles. The van der Waals surface area contributed by atoms with Gasteiger partial charge in [-0.25, -0.2) is 0 Å². The Morgan fingerprint density at radius 2 is 1.47 bits per heavy atom. The van der Waals surface area contributed by atoms with E-state index in [0.29, 0.717) is 6.61 Å². The quantitative estimate of drug-likeness (QED) is 0.400. The van der Waals surface area contributed by atoms with E-state index >= 15 is 0 Å². The van der Waals surface area contributed by atoms with Gasteiger partial charge in [0.15, 0.2) is 0 Å². The summed E-state index contributed by atoms with van der Waals surface area (Å²) in [6, 6.07) is -0.220. The molecule has 0 aliphatic rings. The van der Waals surface area contributed by atoms with E-state index in [9.17, 15) is 0 Å². The lowest BCUT2D eigenvalue weighted by atomic mass is 10.1. The van der Waals surface area contributed by atoms with Crippen molar-refractivity contribution in [3.05, 3.63) is 0 Å². The Kier molecular flexibility index (Phi) is 15.8. The minimum absolute atomic E-state index is 0.00825. The molecule has 116 valence electrons. The minimum atomic E-state index is -0.220. The molecule has 4 nitrogen and oxygen atoms in total. The second kappa shape index (κ2) is 15.9. The Balaban J connectivity index is 2.95. The molecular formula is C15H34N2O2. The zero-order valence-electron chi connectivity index (χ0n) is 12.7. The number of rotatable bonds is 15.